The highest BCUT2D eigenvalue weighted by Gasteiger charge is 2.04. The first-order valence-corrected chi connectivity index (χ1v) is 4.44. The molecule has 1 atom stereocenters. The molecular formula is C5H14N2O3S. The summed E-state index contributed by atoms with van der Waals surface area (Å²) < 4.78 is 20.6. The van der Waals surface area contributed by atoms with Crippen molar-refractivity contribution in [3.8, 4) is 0 Å². The van der Waals surface area contributed by atoms with Crippen LogP contribution in [0.4, 0.5) is 0 Å². The average molecular weight is 182 g/mol. The predicted molar refractivity (Wildman–Crippen MR) is 42.4 cm³/mol. The molecule has 0 aromatic rings. The van der Waals surface area contributed by atoms with Crippen molar-refractivity contribution in [1.82, 2.24) is 9.79 Å². The summed E-state index contributed by atoms with van der Waals surface area (Å²) in [6, 6.07) is 0.0314. The molecule has 11 heavy (non-hydrogen) atoms. The quantitative estimate of drug-likeness (QED) is 0.407. The minimum atomic E-state index is -1.98. The lowest BCUT2D eigenvalue weighted by atomic mass is 10.4. The third-order valence-electron chi connectivity index (χ3n) is 1.16. The number of nitrogens with one attached hydrogen (secondary N) is 1. The van der Waals surface area contributed by atoms with Crippen LogP contribution >= 0.6 is 0 Å². The van der Waals surface area contributed by atoms with Crippen LogP contribution in [0, 0.1) is 0 Å². The van der Waals surface area contributed by atoms with E-state index in [1.54, 1.807) is 0 Å². The van der Waals surface area contributed by atoms with Gasteiger partial charge in [-0.15, -0.1) is 0 Å². The van der Waals surface area contributed by atoms with E-state index in [4.69, 9.17) is 9.76 Å². The fourth-order valence-corrected chi connectivity index (χ4v) is 0.772. The van der Waals surface area contributed by atoms with Crippen molar-refractivity contribution < 1.29 is 14.0 Å². The molecule has 0 saturated heterocycles. The molecule has 68 valence electrons. The van der Waals surface area contributed by atoms with Gasteiger partial charge in [-0.1, -0.05) is 0 Å². The first-order valence-electron chi connectivity index (χ1n) is 3.34. The van der Waals surface area contributed by atoms with Gasteiger partial charge in [0, 0.05) is 19.1 Å². The lowest BCUT2D eigenvalue weighted by Crippen LogP contribution is -2.34. The molecule has 0 amide bonds. The molecule has 0 aliphatic carbocycles. The van der Waals surface area contributed by atoms with E-state index in [1.165, 1.54) is 0 Å². The maximum absolute atomic E-state index is 10.1. The van der Waals surface area contributed by atoms with Gasteiger partial charge in [0.2, 0.25) is 11.3 Å². The molecule has 0 spiro atoms. The lowest BCUT2D eigenvalue weighted by Gasteiger charge is -2.17. The van der Waals surface area contributed by atoms with Crippen molar-refractivity contribution in [3.63, 3.8) is 0 Å². The van der Waals surface area contributed by atoms with Crippen LogP contribution in [0.25, 0.3) is 0 Å². The molecule has 6 heteroatoms. The largest absolute Gasteiger partial charge is 0.314 e. The summed E-state index contributed by atoms with van der Waals surface area (Å²) in [4.78, 5) is 0. The Bertz CT molecular complexity index is 131. The van der Waals surface area contributed by atoms with Crippen LogP contribution in [-0.2, 0) is 11.3 Å². The molecule has 0 aromatic heterocycles. The molecule has 0 heterocycles. The normalized spacial score (nSPS) is 14.4. The van der Waals surface area contributed by atoms with E-state index in [9.17, 15) is 4.21 Å². The van der Waals surface area contributed by atoms with Crippen molar-refractivity contribution in [3.05, 3.63) is 0 Å². The van der Waals surface area contributed by atoms with Crippen molar-refractivity contribution in [1.29, 1.82) is 0 Å². The van der Waals surface area contributed by atoms with Gasteiger partial charge in [-0.3, -0.25) is 4.55 Å². The Balaban J connectivity index is 3.31. The topological polar surface area (TPSA) is 72.8 Å². The van der Waals surface area contributed by atoms with Crippen molar-refractivity contribution in [2.24, 2.45) is 0 Å². The number of nitrogens with zero attached hydrogens (tertiary/aromatic N) is 1. The van der Waals surface area contributed by atoms with Gasteiger partial charge in [0.05, 0.1) is 0 Å². The average Bonchev–Trinajstić information content (AvgIpc) is 1.86. The summed E-state index contributed by atoms with van der Waals surface area (Å²) in [5.41, 5.74) is 0. The van der Waals surface area contributed by atoms with Crippen LogP contribution in [0.15, 0.2) is 0 Å². The Morgan fingerprint density at radius 2 is 2.18 bits per heavy atom. The van der Waals surface area contributed by atoms with Gasteiger partial charge in [-0.2, -0.15) is 5.06 Å². The van der Waals surface area contributed by atoms with Gasteiger partial charge >= 0.3 is 0 Å². The predicted octanol–water partition coefficient (Wildman–Crippen LogP) is -0.188. The monoisotopic (exact) mass is 182 g/mol. The Morgan fingerprint density at radius 3 is 2.55 bits per heavy atom. The van der Waals surface area contributed by atoms with E-state index in [0.717, 1.165) is 5.06 Å². The van der Waals surface area contributed by atoms with Crippen LogP contribution in [0.2, 0.25) is 0 Å². The Hall–Kier alpha value is -0.0100. The van der Waals surface area contributed by atoms with Crippen molar-refractivity contribution in [2.45, 2.75) is 19.9 Å². The fraction of sp³-hybridized carbons (Fsp3) is 1.00. The highest BCUT2D eigenvalue weighted by molar-refractivity contribution is 7.77. The fourth-order valence-electron chi connectivity index (χ4n) is 0.506. The van der Waals surface area contributed by atoms with Crippen LogP contribution in [0.5, 0.6) is 0 Å². The molecule has 0 bridgehead atoms. The molecule has 0 rings (SSSR count). The second kappa shape index (κ2) is 5.62. The number of hydroxylamine groups is 2. The summed E-state index contributed by atoms with van der Waals surface area (Å²) in [5, 5.41) is 10.1. The molecule has 1 unspecified atom stereocenters. The summed E-state index contributed by atoms with van der Waals surface area (Å²) in [6.45, 7) is 4.29. The SMILES string of the molecule is CC(C)N(O)CCNS(=O)O. The van der Waals surface area contributed by atoms with Crippen LogP contribution in [0.3, 0.4) is 0 Å². The number of hydrogen-bond acceptors (Lipinski definition) is 3. The first kappa shape index (κ1) is 11.0. The van der Waals surface area contributed by atoms with Gasteiger partial charge in [0.1, 0.15) is 0 Å². The number of rotatable bonds is 5. The Morgan fingerprint density at radius 1 is 1.64 bits per heavy atom. The molecule has 5 nitrogen and oxygen atoms in total. The molecule has 0 saturated carbocycles. The van der Waals surface area contributed by atoms with E-state index < -0.39 is 11.3 Å². The first-order chi connectivity index (χ1) is 5.04. The van der Waals surface area contributed by atoms with Crippen LogP contribution in [-0.4, -0.2) is 38.2 Å². The molecule has 0 aliphatic heterocycles. The van der Waals surface area contributed by atoms with Gasteiger partial charge in [-0.05, 0) is 13.8 Å². The van der Waals surface area contributed by atoms with Gasteiger partial charge < -0.3 is 5.21 Å². The van der Waals surface area contributed by atoms with Crippen LogP contribution < -0.4 is 4.72 Å². The molecule has 0 fully saturated rings. The molecule has 0 aromatic carbocycles. The Labute approximate surface area is 68.8 Å². The van der Waals surface area contributed by atoms with Crippen LogP contribution in [0.1, 0.15) is 13.8 Å². The molecular weight excluding hydrogens is 168 g/mol. The zero-order valence-electron chi connectivity index (χ0n) is 6.65. The summed E-state index contributed by atoms with van der Waals surface area (Å²) in [7, 11) is 0. The zero-order valence-corrected chi connectivity index (χ0v) is 7.47. The highest BCUT2D eigenvalue weighted by atomic mass is 32.2. The minimum absolute atomic E-state index is 0.0314. The summed E-state index contributed by atoms with van der Waals surface area (Å²) in [5.74, 6) is 0. The van der Waals surface area contributed by atoms with E-state index in [-0.39, 0.29) is 12.6 Å². The Kier molecular flexibility index (Phi) is 5.61. The molecule has 0 radical (unpaired) electrons. The summed E-state index contributed by atoms with van der Waals surface area (Å²) >= 11 is -1.98. The van der Waals surface area contributed by atoms with E-state index in [1.807, 2.05) is 13.8 Å². The lowest BCUT2D eigenvalue weighted by molar-refractivity contribution is -0.114. The molecule has 0 aliphatic rings. The third kappa shape index (κ3) is 6.39. The maximum Gasteiger partial charge on any atom is 0.231 e. The minimum Gasteiger partial charge on any atom is -0.314 e. The third-order valence-corrected chi connectivity index (χ3v) is 1.61. The standard InChI is InChI=1S/C5H14N2O3S/c1-5(2)7(8)4-3-6-11(9)10/h5-6,8H,3-4H2,1-2H3,(H,9,10). The van der Waals surface area contributed by atoms with Gasteiger partial charge in [0.25, 0.3) is 0 Å². The van der Waals surface area contributed by atoms with Gasteiger partial charge in [-0.25, -0.2) is 8.93 Å². The van der Waals surface area contributed by atoms with Crippen molar-refractivity contribution in [2.75, 3.05) is 13.1 Å². The molecule has 3 N–H and O–H groups in total. The van der Waals surface area contributed by atoms with Gasteiger partial charge in [0.15, 0.2) is 0 Å². The smallest absolute Gasteiger partial charge is 0.231 e. The van der Waals surface area contributed by atoms with E-state index in [0.29, 0.717) is 6.54 Å². The summed E-state index contributed by atoms with van der Waals surface area (Å²) in [6.07, 6.45) is 0. The van der Waals surface area contributed by atoms with E-state index in [2.05, 4.69) is 4.72 Å². The maximum atomic E-state index is 10.1. The number of hydrogen-bond donors (Lipinski definition) is 3. The second-order valence-corrected chi connectivity index (χ2v) is 3.19. The zero-order chi connectivity index (χ0) is 8.85. The van der Waals surface area contributed by atoms with E-state index >= 15 is 0 Å². The second-order valence-electron chi connectivity index (χ2n) is 2.40. The van der Waals surface area contributed by atoms with Crippen molar-refractivity contribution >= 4 is 11.3 Å². The highest BCUT2D eigenvalue weighted by Crippen LogP contribution is 1.89.